The number of hydrogen-bond donors (Lipinski definition) is 0. The third-order valence-electron chi connectivity index (χ3n) is 4.40. The highest BCUT2D eigenvalue weighted by molar-refractivity contribution is 6.54. The second-order valence-corrected chi connectivity index (χ2v) is 6.15. The maximum absolute atomic E-state index is 6.06. The van der Waals surface area contributed by atoms with E-state index in [4.69, 9.17) is 14.0 Å². The van der Waals surface area contributed by atoms with Crippen molar-refractivity contribution >= 4 is 7.12 Å². The molecular weight excluding hydrogens is 227 g/mol. The summed E-state index contributed by atoms with van der Waals surface area (Å²) in [5.74, 6) is 0.295. The van der Waals surface area contributed by atoms with Gasteiger partial charge in [-0.15, -0.1) is 6.58 Å². The number of hydrogen-bond acceptors (Lipinski definition) is 3. The quantitative estimate of drug-likeness (QED) is 0.557. The lowest BCUT2D eigenvalue weighted by atomic mass is 9.74. The zero-order valence-corrected chi connectivity index (χ0v) is 12.1. The zero-order chi connectivity index (χ0) is 13.6. The molecule has 100 valence electrons. The van der Waals surface area contributed by atoms with Crippen LogP contribution >= 0.6 is 0 Å². The summed E-state index contributed by atoms with van der Waals surface area (Å²) in [7, 11) is -0.269. The Labute approximate surface area is 110 Å². The first-order chi connectivity index (χ1) is 8.28. The molecule has 2 saturated heterocycles. The molecule has 0 spiro atoms. The summed E-state index contributed by atoms with van der Waals surface area (Å²) in [5, 5.41) is 0. The van der Waals surface area contributed by atoms with E-state index in [-0.39, 0.29) is 18.3 Å². The Hall–Kier alpha value is -0.575. The minimum Gasteiger partial charge on any atom is -0.400 e. The van der Waals surface area contributed by atoms with E-state index in [1.165, 1.54) is 5.57 Å². The van der Waals surface area contributed by atoms with Gasteiger partial charge >= 0.3 is 7.12 Å². The predicted octanol–water partition coefficient (Wildman–Crippen LogP) is 2.77. The summed E-state index contributed by atoms with van der Waals surface area (Å²) in [6.45, 7) is 15.6. The van der Waals surface area contributed by atoms with Crippen LogP contribution in [-0.2, 0) is 14.0 Å². The van der Waals surface area contributed by atoms with Crippen molar-refractivity contribution in [3.8, 4) is 0 Å². The van der Waals surface area contributed by atoms with Gasteiger partial charge in [0.2, 0.25) is 0 Å². The summed E-state index contributed by atoms with van der Waals surface area (Å²) >= 11 is 0. The minimum atomic E-state index is -0.289. The lowest BCUT2D eigenvalue weighted by Gasteiger charge is -2.32. The van der Waals surface area contributed by atoms with Crippen molar-refractivity contribution in [2.45, 2.75) is 45.8 Å². The number of ether oxygens (including phenoxy) is 1. The van der Waals surface area contributed by atoms with Crippen molar-refractivity contribution in [3.05, 3.63) is 23.7 Å². The summed E-state index contributed by atoms with van der Waals surface area (Å²) in [6, 6.07) is 0. The molecule has 0 aliphatic carbocycles. The third kappa shape index (κ3) is 2.17. The van der Waals surface area contributed by atoms with Crippen molar-refractivity contribution in [2.24, 2.45) is 5.92 Å². The molecule has 4 heteroatoms. The van der Waals surface area contributed by atoms with Gasteiger partial charge in [0.05, 0.1) is 24.4 Å². The van der Waals surface area contributed by atoms with E-state index in [1.807, 2.05) is 6.08 Å². The second-order valence-electron chi connectivity index (χ2n) is 6.15. The summed E-state index contributed by atoms with van der Waals surface area (Å²) < 4.78 is 17.6. The van der Waals surface area contributed by atoms with Crippen molar-refractivity contribution in [2.75, 3.05) is 13.2 Å². The molecule has 2 rings (SSSR count). The van der Waals surface area contributed by atoms with Crippen LogP contribution in [0, 0.1) is 5.92 Å². The van der Waals surface area contributed by atoms with Crippen LogP contribution in [0.25, 0.3) is 0 Å². The highest BCUT2D eigenvalue weighted by Crippen LogP contribution is 2.40. The lowest BCUT2D eigenvalue weighted by molar-refractivity contribution is 0.00578. The monoisotopic (exact) mass is 250 g/mol. The molecule has 0 saturated carbocycles. The van der Waals surface area contributed by atoms with Crippen molar-refractivity contribution < 1.29 is 14.0 Å². The maximum atomic E-state index is 6.06. The van der Waals surface area contributed by atoms with Crippen molar-refractivity contribution in [3.63, 3.8) is 0 Å². The molecule has 0 aromatic heterocycles. The topological polar surface area (TPSA) is 27.7 Å². The minimum absolute atomic E-state index is 0.269. The Morgan fingerprint density at radius 1 is 1.28 bits per heavy atom. The molecule has 2 aliphatic rings. The van der Waals surface area contributed by atoms with Gasteiger partial charge in [-0.1, -0.05) is 6.08 Å². The predicted molar refractivity (Wildman–Crippen MR) is 73.3 cm³/mol. The van der Waals surface area contributed by atoms with E-state index in [2.05, 4.69) is 41.2 Å². The zero-order valence-electron chi connectivity index (χ0n) is 12.1. The van der Waals surface area contributed by atoms with Gasteiger partial charge in [0.25, 0.3) is 0 Å². The van der Waals surface area contributed by atoms with Gasteiger partial charge in [0.15, 0.2) is 0 Å². The molecule has 18 heavy (non-hydrogen) atoms. The second kappa shape index (κ2) is 4.51. The molecule has 2 heterocycles. The van der Waals surface area contributed by atoms with E-state index < -0.39 is 0 Å². The first kappa shape index (κ1) is 13.8. The standard InChI is InChI=1S/C14H23BO3/c1-7-11-8-16-9-12(11)10(2)15-17-13(3,4)14(5,6)18-15/h7,11H,1,8-9H2,2-6H3/b12-10+. The summed E-state index contributed by atoms with van der Waals surface area (Å²) in [6.07, 6.45) is 1.94. The molecule has 0 aromatic rings. The Morgan fingerprint density at radius 3 is 2.33 bits per heavy atom. The fourth-order valence-electron chi connectivity index (χ4n) is 2.29. The smallest absolute Gasteiger partial charge is 0.400 e. The van der Waals surface area contributed by atoms with Gasteiger partial charge in [-0.05, 0) is 45.7 Å². The first-order valence-electron chi connectivity index (χ1n) is 6.54. The van der Waals surface area contributed by atoms with Gasteiger partial charge in [-0.25, -0.2) is 0 Å². The molecule has 0 amide bonds. The fraction of sp³-hybridized carbons (Fsp3) is 0.714. The summed E-state index contributed by atoms with van der Waals surface area (Å²) in [4.78, 5) is 0. The first-order valence-corrected chi connectivity index (χ1v) is 6.54. The molecule has 2 fully saturated rings. The Bertz CT molecular complexity index is 369. The van der Waals surface area contributed by atoms with Gasteiger partial charge in [-0.3, -0.25) is 0 Å². The molecule has 1 atom stereocenters. The third-order valence-corrected chi connectivity index (χ3v) is 4.40. The molecule has 3 nitrogen and oxygen atoms in total. The normalized spacial score (nSPS) is 32.7. The van der Waals surface area contributed by atoms with Crippen molar-refractivity contribution in [1.29, 1.82) is 0 Å². The van der Waals surface area contributed by atoms with Gasteiger partial charge in [0.1, 0.15) is 0 Å². The van der Waals surface area contributed by atoms with E-state index in [0.29, 0.717) is 12.5 Å². The van der Waals surface area contributed by atoms with E-state index >= 15 is 0 Å². The average Bonchev–Trinajstić information content (AvgIpc) is 2.81. The lowest BCUT2D eigenvalue weighted by Crippen LogP contribution is -2.41. The Balaban J connectivity index is 2.24. The van der Waals surface area contributed by atoms with Crippen LogP contribution < -0.4 is 0 Å². The van der Waals surface area contributed by atoms with Crippen LogP contribution in [0.3, 0.4) is 0 Å². The SMILES string of the molecule is C=CC1COC/C1=C(/C)B1OC(C)(C)C(C)(C)O1. The van der Waals surface area contributed by atoms with Crippen molar-refractivity contribution in [1.82, 2.24) is 0 Å². The van der Waals surface area contributed by atoms with Gasteiger partial charge in [0, 0.05) is 5.92 Å². The average molecular weight is 250 g/mol. The van der Waals surface area contributed by atoms with Gasteiger partial charge < -0.3 is 14.0 Å². The van der Waals surface area contributed by atoms with Crippen LogP contribution in [0.2, 0.25) is 0 Å². The van der Waals surface area contributed by atoms with E-state index in [0.717, 1.165) is 12.1 Å². The molecule has 2 aliphatic heterocycles. The van der Waals surface area contributed by atoms with Crippen LogP contribution in [0.1, 0.15) is 34.6 Å². The maximum Gasteiger partial charge on any atom is 0.490 e. The Morgan fingerprint density at radius 2 is 1.83 bits per heavy atom. The molecule has 0 radical (unpaired) electrons. The Kier molecular flexibility index (Phi) is 3.47. The van der Waals surface area contributed by atoms with Crippen LogP contribution in [0.15, 0.2) is 23.7 Å². The largest absolute Gasteiger partial charge is 0.490 e. The number of allylic oxidation sites excluding steroid dienone is 1. The fourth-order valence-corrected chi connectivity index (χ4v) is 2.29. The van der Waals surface area contributed by atoms with Gasteiger partial charge in [-0.2, -0.15) is 0 Å². The van der Waals surface area contributed by atoms with Crippen LogP contribution in [0.4, 0.5) is 0 Å². The molecule has 0 bridgehead atoms. The molecule has 0 N–H and O–H groups in total. The highest BCUT2D eigenvalue weighted by Gasteiger charge is 2.52. The summed E-state index contributed by atoms with van der Waals surface area (Å²) in [5.41, 5.74) is 1.81. The number of rotatable bonds is 2. The molecule has 1 unspecified atom stereocenters. The molecule has 0 aromatic carbocycles. The molecular formula is C14H23BO3. The highest BCUT2D eigenvalue weighted by atomic mass is 16.7. The van der Waals surface area contributed by atoms with Crippen LogP contribution in [0.5, 0.6) is 0 Å². The van der Waals surface area contributed by atoms with E-state index in [9.17, 15) is 0 Å². The van der Waals surface area contributed by atoms with E-state index in [1.54, 1.807) is 0 Å². The van der Waals surface area contributed by atoms with Crippen LogP contribution in [-0.4, -0.2) is 31.5 Å².